The van der Waals surface area contributed by atoms with Gasteiger partial charge in [0.1, 0.15) is 29.1 Å². The van der Waals surface area contributed by atoms with E-state index in [2.05, 4.69) is 15.6 Å². The highest BCUT2D eigenvalue weighted by Crippen LogP contribution is 2.45. The van der Waals surface area contributed by atoms with Crippen LogP contribution in [0.5, 0.6) is 11.5 Å². The van der Waals surface area contributed by atoms with Crippen LogP contribution in [0.2, 0.25) is 0 Å². The molecule has 0 aliphatic carbocycles. The Labute approximate surface area is 241 Å². The molecule has 5 rings (SSSR count). The number of methoxy groups -OCH3 is 2. The van der Waals surface area contributed by atoms with Gasteiger partial charge in [-0.1, -0.05) is 13.0 Å². The zero-order valence-electron chi connectivity index (χ0n) is 22.5. The number of pyridine rings is 1. The number of hydrogen-bond acceptors (Lipinski definition) is 8. The number of carbonyl (C=O) groups is 1. The minimum Gasteiger partial charge on any atom is -0.496 e. The summed E-state index contributed by atoms with van der Waals surface area (Å²) >= 11 is 5.81. The summed E-state index contributed by atoms with van der Waals surface area (Å²) in [6.07, 6.45) is 2.04. The smallest absolute Gasteiger partial charge is 0.273 e. The fourth-order valence-electron chi connectivity index (χ4n) is 4.75. The fourth-order valence-corrected chi connectivity index (χ4v) is 5.09. The van der Waals surface area contributed by atoms with Crippen molar-refractivity contribution in [3.63, 3.8) is 0 Å². The monoisotopic (exact) mass is 573 g/mol. The summed E-state index contributed by atoms with van der Waals surface area (Å²) in [5.41, 5.74) is 2.49. The minimum atomic E-state index is -0.479. The van der Waals surface area contributed by atoms with Crippen molar-refractivity contribution in [2.24, 2.45) is 0 Å². The summed E-state index contributed by atoms with van der Waals surface area (Å²) in [5, 5.41) is 17.9. The number of nitro benzene ring substituents is 1. The number of ether oxygens (including phenoxy) is 2. The van der Waals surface area contributed by atoms with Crippen LogP contribution in [0, 0.1) is 10.1 Å². The average molecular weight is 574 g/mol. The number of non-ortho nitro benzene ring substituents is 1. The van der Waals surface area contributed by atoms with Crippen LogP contribution in [-0.2, 0) is 4.79 Å². The summed E-state index contributed by atoms with van der Waals surface area (Å²) in [6, 6.07) is 18.2. The lowest BCUT2D eigenvalue weighted by Gasteiger charge is -2.27. The summed E-state index contributed by atoms with van der Waals surface area (Å²) < 4.78 is 17.4. The predicted molar refractivity (Wildman–Crippen MR) is 157 cm³/mol. The maximum absolute atomic E-state index is 12.0. The van der Waals surface area contributed by atoms with Gasteiger partial charge in [0.05, 0.1) is 48.2 Å². The Kier molecular flexibility index (Phi) is 7.83. The molecule has 4 aromatic rings. The molecule has 41 heavy (non-hydrogen) atoms. The minimum absolute atomic E-state index is 0.0865. The van der Waals surface area contributed by atoms with E-state index in [-0.39, 0.29) is 17.6 Å². The molecule has 210 valence electrons. The topological polar surface area (TPSA) is 132 Å². The standard InChI is InChI=1S/C29H27N5O6S/c1-4-26(35)31-20-11-9-17(15-25(20)39-3)33-28(27(32-29(33)41)21-7-5-6-14-30-21)23-13-12-22(40-23)19-10-8-18(34(36)37)16-24(19)38-2/h5-16,27-28H,4H2,1-3H3,(H,31,35)(H,32,41)/t27-,28+/m0/s1. The van der Waals surface area contributed by atoms with E-state index in [4.69, 9.17) is 26.1 Å². The molecular weight excluding hydrogens is 546 g/mol. The van der Waals surface area contributed by atoms with Crippen molar-refractivity contribution in [1.29, 1.82) is 0 Å². The Balaban J connectivity index is 1.58. The Morgan fingerprint density at radius 1 is 1.12 bits per heavy atom. The second-order valence-corrected chi connectivity index (χ2v) is 9.51. The van der Waals surface area contributed by atoms with Gasteiger partial charge in [0.25, 0.3) is 5.69 Å². The van der Waals surface area contributed by atoms with Crippen molar-refractivity contribution in [2.75, 3.05) is 24.4 Å². The van der Waals surface area contributed by atoms with E-state index < -0.39 is 11.0 Å². The quantitative estimate of drug-likeness (QED) is 0.144. The van der Waals surface area contributed by atoms with E-state index in [1.165, 1.54) is 26.4 Å². The van der Waals surface area contributed by atoms with Crippen LogP contribution in [0.1, 0.15) is 36.9 Å². The number of thiocarbonyl (C=S) groups is 1. The Morgan fingerprint density at radius 2 is 1.93 bits per heavy atom. The molecule has 1 aliphatic heterocycles. The van der Waals surface area contributed by atoms with Crippen molar-refractivity contribution in [2.45, 2.75) is 25.4 Å². The van der Waals surface area contributed by atoms with Gasteiger partial charge in [0, 0.05) is 30.4 Å². The van der Waals surface area contributed by atoms with E-state index in [0.29, 0.717) is 51.5 Å². The molecule has 0 radical (unpaired) electrons. The van der Waals surface area contributed by atoms with Gasteiger partial charge in [-0.15, -0.1) is 0 Å². The lowest BCUT2D eigenvalue weighted by atomic mass is 10.0. The second-order valence-electron chi connectivity index (χ2n) is 9.13. The molecule has 12 heteroatoms. The molecule has 2 aromatic carbocycles. The first-order valence-electron chi connectivity index (χ1n) is 12.8. The van der Waals surface area contributed by atoms with Gasteiger partial charge in [-0.2, -0.15) is 0 Å². The number of benzene rings is 2. The molecule has 0 saturated carbocycles. The summed E-state index contributed by atoms with van der Waals surface area (Å²) in [4.78, 5) is 29.3. The molecule has 1 fully saturated rings. The number of carbonyl (C=O) groups excluding carboxylic acids is 1. The van der Waals surface area contributed by atoms with E-state index in [1.807, 2.05) is 35.2 Å². The van der Waals surface area contributed by atoms with Crippen LogP contribution in [0.4, 0.5) is 17.1 Å². The van der Waals surface area contributed by atoms with E-state index in [9.17, 15) is 14.9 Å². The molecule has 0 unspecified atom stereocenters. The van der Waals surface area contributed by atoms with E-state index in [1.54, 1.807) is 37.4 Å². The van der Waals surface area contributed by atoms with Crippen LogP contribution < -0.4 is 25.0 Å². The highest BCUT2D eigenvalue weighted by molar-refractivity contribution is 7.80. The first-order valence-corrected chi connectivity index (χ1v) is 13.2. The highest BCUT2D eigenvalue weighted by Gasteiger charge is 2.43. The number of nitro groups is 1. The molecule has 11 nitrogen and oxygen atoms in total. The third kappa shape index (κ3) is 5.41. The number of aromatic nitrogens is 1. The average Bonchev–Trinajstić information content (AvgIpc) is 3.61. The molecular formula is C29H27N5O6S. The van der Waals surface area contributed by atoms with Crippen LogP contribution in [0.15, 0.2) is 77.3 Å². The molecule has 2 aromatic heterocycles. The Bertz CT molecular complexity index is 1610. The Morgan fingerprint density at radius 3 is 2.61 bits per heavy atom. The van der Waals surface area contributed by atoms with Crippen LogP contribution >= 0.6 is 12.2 Å². The SMILES string of the molecule is CCC(=O)Nc1ccc(N2C(=S)N[C@@H](c3ccccn3)[C@H]2c2ccc(-c3ccc([N+](=O)[O-])cc3OC)o2)cc1OC. The molecule has 0 bridgehead atoms. The molecule has 1 saturated heterocycles. The molecule has 1 amide bonds. The van der Waals surface area contributed by atoms with Crippen molar-refractivity contribution in [1.82, 2.24) is 10.3 Å². The van der Waals surface area contributed by atoms with Crippen molar-refractivity contribution in [3.05, 3.63) is 94.5 Å². The number of rotatable bonds is 9. The summed E-state index contributed by atoms with van der Waals surface area (Å²) in [6.45, 7) is 1.77. The van der Waals surface area contributed by atoms with Gasteiger partial charge in [0.15, 0.2) is 5.11 Å². The lowest BCUT2D eigenvalue weighted by Crippen LogP contribution is -2.29. The van der Waals surface area contributed by atoms with Crippen LogP contribution in [0.25, 0.3) is 11.3 Å². The normalized spacial score (nSPS) is 16.3. The van der Waals surface area contributed by atoms with Gasteiger partial charge in [-0.3, -0.25) is 19.9 Å². The highest BCUT2D eigenvalue weighted by atomic mass is 32.1. The third-order valence-corrected chi connectivity index (χ3v) is 7.05. The molecule has 2 N–H and O–H groups in total. The molecule has 3 heterocycles. The van der Waals surface area contributed by atoms with Gasteiger partial charge < -0.3 is 29.4 Å². The maximum atomic E-state index is 12.0. The van der Waals surface area contributed by atoms with E-state index >= 15 is 0 Å². The zero-order chi connectivity index (χ0) is 29.1. The Hall–Kier alpha value is -4.97. The zero-order valence-corrected chi connectivity index (χ0v) is 23.3. The second kappa shape index (κ2) is 11.6. The maximum Gasteiger partial charge on any atom is 0.273 e. The fraction of sp³-hybridized carbons (Fsp3) is 0.207. The predicted octanol–water partition coefficient (Wildman–Crippen LogP) is 5.79. The number of nitrogens with one attached hydrogen (secondary N) is 2. The summed E-state index contributed by atoms with van der Waals surface area (Å²) in [7, 11) is 2.98. The number of hydrogen-bond donors (Lipinski definition) is 2. The van der Waals surface area contributed by atoms with E-state index in [0.717, 1.165) is 5.69 Å². The van der Waals surface area contributed by atoms with Gasteiger partial charge >= 0.3 is 0 Å². The number of furan rings is 1. The first-order chi connectivity index (χ1) is 19.8. The van der Waals surface area contributed by atoms with Crippen molar-refractivity contribution < 1.29 is 23.6 Å². The number of nitrogens with zero attached hydrogens (tertiary/aromatic N) is 3. The molecule has 0 spiro atoms. The van der Waals surface area contributed by atoms with Gasteiger partial charge in [0.2, 0.25) is 5.91 Å². The number of anilines is 2. The van der Waals surface area contributed by atoms with Crippen molar-refractivity contribution >= 4 is 40.3 Å². The van der Waals surface area contributed by atoms with Crippen LogP contribution in [0.3, 0.4) is 0 Å². The molecule has 2 atom stereocenters. The molecule has 1 aliphatic rings. The first kappa shape index (κ1) is 27.6. The summed E-state index contributed by atoms with van der Waals surface area (Å²) in [5.74, 6) is 1.70. The largest absolute Gasteiger partial charge is 0.496 e. The van der Waals surface area contributed by atoms with Gasteiger partial charge in [-0.05, 0) is 54.7 Å². The van der Waals surface area contributed by atoms with Crippen LogP contribution in [-0.4, -0.2) is 35.1 Å². The lowest BCUT2D eigenvalue weighted by molar-refractivity contribution is -0.384. The van der Waals surface area contributed by atoms with Gasteiger partial charge in [-0.25, -0.2) is 0 Å². The number of amides is 1. The van der Waals surface area contributed by atoms with Crippen molar-refractivity contribution in [3.8, 4) is 22.8 Å². The third-order valence-electron chi connectivity index (χ3n) is 6.74.